The third-order valence-electron chi connectivity index (χ3n) is 3.20. The van der Waals surface area contributed by atoms with Crippen molar-refractivity contribution in [2.45, 2.75) is 38.9 Å². The second-order valence-corrected chi connectivity index (χ2v) is 4.30. The third kappa shape index (κ3) is 1.05. The first-order valence-corrected chi connectivity index (χ1v) is 5.22. The molecule has 1 aromatic heterocycles. The minimum atomic E-state index is 0.187. The molecule has 14 heavy (non-hydrogen) atoms. The van der Waals surface area contributed by atoms with Crippen molar-refractivity contribution < 1.29 is 0 Å². The maximum Gasteiger partial charge on any atom is 0.251 e. The van der Waals surface area contributed by atoms with Gasteiger partial charge in [0.2, 0.25) is 0 Å². The number of rotatable bonds is 1. The van der Waals surface area contributed by atoms with Gasteiger partial charge in [-0.15, -0.1) is 0 Å². The fourth-order valence-corrected chi connectivity index (χ4v) is 2.32. The molecule has 0 spiro atoms. The van der Waals surface area contributed by atoms with E-state index in [1.165, 1.54) is 24.1 Å². The summed E-state index contributed by atoms with van der Waals surface area (Å²) in [6, 6.07) is 2.28. The SMILES string of the molecule is Cc1cc(=O)n(C2CC2)c2c1CNC2. The van der Waals surface area contributed by atoms with E-state index in [1.807, 2.05) is 11.5 Å². The minimum Gasteiger partial charge on any atom is -0.308 e. The summed E-state index contributed by atoms with van der Waals surface area (Å²) >= 11 is 0. The van der Waals surface area contributed by atoms with Gasteiger partial charge in [-0.05, 0) is 30.9 Å². The average Bonchev–Trinajstić information content (AvgIpc) is 2.81. The van der Waals surface area contributed by atoms with E-state index in [9.17, 15) is 4.79 Å². The molecule has 0 amide bonds. The number of hydrogen-bond donors (Lipinski definition) is 1. The molecule has 1 fully saturated rings. The number of nitrogens with zero attached hydrogens (tertiary/aromatic N) is 1. The fourth-order valence-electron chi connectivity index (χ4n) is 2.32. The van der Waals surface area contributed by atoms with Gasteiger partial charge in [0.1, 0.15) is 0 Å². The first-order chi connectivity index (χ1) is 6.77. The molecule has 0 unspecified atom stereocenters. The van der Waals surface area contributed by atoms with E-state index in [0.717, 1.165) is 18.7 Å². The van der Waals surface area contributed by atoms with Crippen LogP contribution >= 0.6 is 0 Å². The Morgan fingerprint density at radius 1 is 1.43 bits per heavy atom. The Balaban J connectivity index is 2.28. The normalized spacial score (nSPS) is 19.8. The van der Waals surface area contributed by atoms with E-state index in [4.69, 9.17) is 0 Å². The second kappa shape index (κ2) is 2.70. The Labute approximate surface area is 82.8 Å². The van der Waals surface area contributed by atoms with Gasteiger partial charge in [0, 0.05) is 30.9 Å². The lowest BCUT2D eigenvalue weighted by Crippen LogP contribution is -2.23. The summed E-state index contributed by atoms with van der Waals surface area (Å²) in [6.07, 6.45) is 2.35. The lowest BCUT2D eigenvalue weighted by Gasteiger charge is -2.11. The topological polar surface area (TPSA) is 34.0 Å². The molecule has 0 saturated heterocycles. The average molecular weight is 190 g/mol. The minimum absolute atomic E-state index is 0.187. The van der Waals surface area contributed by atoms with Crippen LogP contribution in [0.4, 0.5) is 0 Å². The Kier molecular flexibility index (Phi) is 1.59. The van der Waals surface area contributed by atoms with E-state index >= 15 is 0 Å². The van der Waals surface area contributed by atoms with E-state index < -0.39 is 0 Å². The molecule has 74 valence electrons. The summed E-state index contributed by atoms with van der Waals surface area (Å²) in [7, 11) is 0. The summed E-state index contributed by atoms with van der Waals surface area (Å²) in [6.45, 7) is 3.82. The maximum absolute atomic E-state index is 11.8. The van der Waals surface area contributed by atoms with Crippen LogP contribution in [0.5, 0.6) is 0 Å². The lowest BCUT2D eigenvalue weighted by molar-refractivity contribution is 0.648. The molecular formula is C11H14N2O. The van der Waals surface area contributed by atoms with Crippen molar-refractivity contribution in [1.82, 2.24) is 9.88 Å². The highest BCUT2D eigenvalue weighted by molar-refractivity contribution is 5.33. The molecule has 0 bridgehead atoms. The van der Waals surface area contributed by atoms with Crippen molar-refractivity contribution in [3.05, 3.63) is 33.2 Å². The van der Waals surface area contributed by atoms with E-state index in [1.54, 1.807) is 6.07 Å². The van der Waals surface area contributed by atoms with Crippen molar-refractivity contribution in [2.24, 2.45) is 0 Å². The zero-order chi connectivity index (χ0) is 9.71. The van der Waals surface area contributed by atoms with Crippen molar-refractivity contribution in [3.8, 4) is 0 Å². The monoisotopic (exact) mass is 190 g/mol. The predicted molar refractivity (Wildman–Crippen MR) is 54.3 cm³/mol. The standard InChI is InChI=1S/C11H14N2O/c1-7-4-11(14)13(8-2-3-8)10-6-12-5-9(7)10/h4,8,12H,2-3,5-6H2,1H3. The van der Waals surface area contributed by atoms with Crippen LogP contribution in [0, 0.1) is 6.92 Å². The number of aromatic nitrogens is 1. The fraction of sp³-hybridized carbons (Fsp3) is 0.545. The molecule has 2 aliphatic rings. The molecule has 2 heterocycles. The third-order valence-corrected chi connectivity index (χ3v) is 3.20. The van der Waals surface area contributed by atoms with Gasteiger partial charge in [-0.1, -0.05) is 0 Å². The maximum atomic E-state index is 11.8. The molecule has 3 nitrogen and oxygen atoms in total. The van der Waals surface area contributed by atoms with Crippen LogP contribution in [0.2, 0.25) is 0 Å². The highest BCUT2D eigenvalue weighted by Gasteiger charge is 2.29. The van der Waals surface area contributed by atoms with Gasteiger partial charge < -0.3 is 9.88 Å². The lowest BCUT2D eigenvalue weighted by atomic mass is 10.1. The molecule has 0 atom stereocenters. The van der Waals surface area contributed by atoms with Gasteiger partial charge in [0.05, 0.1) is 0 Å². The smallest absolute Gasteiger partial charge is 0.251 e. The van der Waals surface area contributed by atoms with Gasteiger partial charge in [-0.3, -0.25) is 4.79 Å². The first-order valence-electron chi connectivity index (χ1n) is 5.22. The summed E-state index contributed by atoms with van der Waals surface area (Å²) in [5, 5.41) is 3.32. The van der Waals surface area contributed by atoms with Crippen LogP contribution in [0.15, 0.2) is 10.9 Å². The molecule has 1 aliphatic heterocycles. The molecule has 3 rings (SSSR count). The van der Waals surface area contributed by atoms with Gasteiger partial charge >= 0.3 is 0 Å². The second-order valence-electron chi connectivity index (χ2n) is 4.30. The predicted octanol–water partition coefficient (Wildman–Crippen LogP) is 1.09. The first kappa shape index (κ1) is 8.24. The van der Waals surface area contributed by atoms with Crippen LogP contribution in [0.3, 0.4) is 0 Å². The Hall–Kier alpha value is -1.09. The van der Waals surface area contributed by atoms with Crippen molar-refractivity contribution in [3.63, 3.8) is 0 Å². The van der Waals surface area contributed by atoms with Gasteiger partial charge in [0.15, 0.2) is 0 Å². The summed E-state index contributed by atoms with van der Waals surface area (Å²) in [5.74, 6) is 0. The molecule has 1 N–H and O–H groups in total. The number of pyridine rings is 1. The number of fused-ring (bicyclic) bond motifs is 1. The quantitative estimate of drug-likeness (QED) is 0.719. The molecule has 0 aromatic carbocycles. The molecule has 0 radical (unpaired) electrons. The Morgan fingerprint density at radius 2 is 2.21 bits per heavy atom. The van der Waals surface area contributed by atoms with Crippen LogP contribution < -0.4 is 10.9 Å². The molecule has 1 saturated carbocycles. The summed E-state index contributed by atoms with van der Waals surface area (Å²) < 4.78 is 2.00. The van der Waals surface area contributed by atoms with E-state index in [-0.39, 0.29) is 5.56 Å². The van der Waals surface area contributed by atoms with Crippen molar-refractivity contribution in [1.29, 1.82) is 0 Å². The zero-order valence-corrected chi connectivity index (χ0v) is 8.34. The zero-order valence-electron chi connectivity index (χ0n) is 8.34. The number of hydrogen-bond acceptors (Lipinski definition) is 2. The Morgan fingerprint density at radius 3 is 2.93 bits per heavy atom. The largest absolute Gasteiger partial charge is 0.308 e. The van der Waals surface area contributed by atoms with Crippen LogP contribution in [-0.2, 0) is 13.1 Å². The molecule has 3 heteroatoms. The number of nitrogens with one attached hydrogen (secondary N) is 1. The van der Waals surface area contributed by atoms with Gasteiger partial charge in [-0.2, -0.15) is 0 Å². The van der Waals surface area contributed by atoms with Crippen LogP contribution in [0.1, 0.15) is 35.7 Å². The summed E-state index contributed by atoms with van der Waals surface area (Å²) in [5.41, 5.74) is 3.91. The number of aryl methyl sites for hydroxylation is 1. The molecule has 1 aliphatic carbocycles. The van der Waals surface area contributed by atoms with Crippen molar-refractivity contribution in [2.75, 3.05) is 0 Å². The Bertz CT molecular complexity index is 443. The van der Waals surface area contributed by atoms with Gasteiger partial charge in [-0.25, -0.2) is 0 Å². The van der Waals surface area contributed by atoms with Crippen LogP contribution in [-0.4, -0.2) is 4.57 Å². The highest BCUT2D eigenvalue weighted by Crippen LogP contribution is 2.36. The van der Waals surface area contributed by atoms with E-state index in [2.05, 4.69) is 5.32 Å². The highest BCUT2D eigenvalue weighted by atomic mass is 16.1. The van der Waals surface area contributed by atoms with Crippen LogP contribution in [0.25, 0.3) is 0 Å². The molecular weight excluding hydrogens is 176 g/mol. The van der Waals surface area contributed by atoms with Gasteiger partial charge in [0.25, 0.3) is 5.56 Å². The van der Waals surface area contributed by atoms with E-state index in [0.29, 0.717) is 6.04 Å². The summed E-state index contributed by atoms with van der Waals surface area (Å²) in [4.78, 5) is 11.8. The van der Waals surface area contributed by atoms with Crippen molar-refractivity contribution >= 4 is 0 Å². The molecule has 1 aromatic rings.